The minimum Gasteiger partial charge on any atom is -0.371 e. The van der Waals surface area contributed by atoms with Crippen molar-refractivity contribution in [2.45, 2.75) is 13.0 Å². The Hall–Kier alpha value is -0.110. The first-order chi connectivity index (χ1) is 2.80. The molecule has 1 atom stereocenters. The predicted molar refractivity (Wildman–Crippen MR) is 19.8 cm³/mol. The lowest BCUT2D eigenvalue weighted by atomic mass is 10.2. The van der Waals surface area contributed by atoms with Gasteiger partial charge in [0.05, 0.1) is 12.7 Å². The molecule has 1 unspecified atom stereocenters. The van der Waals surface area contributed by atoms with E-state index in [1.165, 1.54) is 0 Å². The van der Waals surface area contributed by atoms with Crippen LogP contribution in [0.3, 0.4) is 0 Å². The second-order valence-electron chi connectivity index (χ2n) is 1.40. The largest absolute Gasteiger partial charge is 0.371 e. The summed E-state index contributed by atoms with van der Waals surface area (Å²) in [4.78, 5) is 0. The molecular weight excluding hydrogens is 83.0 g/mol. The first-order valence-corrected chi connectivity index (χ1v) is 1.93. The highest BCUT2D eigenvalue weighted by Crippen LogP contribution is 2.21. The highest BCUT2D eigenvalue weighted by atomic mass is 19.1. The normalized spacial score (nSPS) is 36.0. The van der Waals surface area contributed by atoms with Crippen molar-refractivity contribution >= 4 is 0 Å². The van der Waals surface area contributed by atoms with Crippen molar-refractivity contribution in [3.63, 3.8) is 0 Å². The maximum atomic E-state index is 11.7. The van der Waals surface area contributed by atoms with Gasteiger partial charge in [-0.25, -0.2) is 4.39 Å². The number of ether oxygens (including phenoxy) is 1. The van der Waals surface area contributed by atoms with E-state index < -0.39 is 0 Å². The third-order valence-corrected chi connectivity index (χ3v) is 0.912. The molecule has 1 radical (unpaired) electrons. The summed E-state index contributed by atoms with van der Waals surface area (Å²) < 4.78 is 16.3. The van der Waals surface area contributed by atoms with E-state index in [9.17, 15) is 4.39 Å². The van der Waals surface area contributed by atoms with Gasteiger partial charge in [-0.05, 0) is 6.92 Å². The summed E-state index contributed by atoms with van der Waals surface area (Å²) in [5, 5.41) is 0. The fraction of sp³-hybridized carbons (Fsp3) is 0.750. The Kier molecular flexibility index (Phi) is 0.804. The van der Waals surface area contributed by atoms with Crippen molar-refractivity contribution in [1.29, 1.82) is 0 Å². The second kappa shape index (κ2) is 1.19. The molecule has 1 rings (SSSR count). The topological polar surface area (TPSA) is 9.23 Å². The molecule has 1 aliphatic rings. The van der Waals surface area contributed by atoms with E-state index in [0.29, 0.717) is 0 Å². The highest BCUT2D eigenvalue weighted by Gasteiger charge is 2.28. The fourth-order valence-electron chi connectivity index (χ4n) is 0.313. The van der Waals surface area contributed by atoms with Gasteiger partial charge in [-0.3, -0.25) is 0 Å². The van der Waals surface area contributed by atoms with Crippen LogP contribution in [0.4, 0.5) is 4.39 Å². The van der Waals surface area contributed by atoms with Gasteiger partial charge in [0.15, 0.2) is 6.17 Å². The van der Waals surface area contributed by atoms with Gasteiger partial charge >= 0.3 is 0 Å². The number of hydrogen-bond acceptors (Lipinski definition) is 1. The lowest BCUT2D eigenvalue weighted by Gasteiger charge is -2.25. The van der Waals surface area contributed by atoms with Crippen molar-refractivity contribution in [3.8, 4) is 0 Å². The third-order valence-electron chi connectivity index (χ3n) is 0.912. The van der Waals surface area contributed by atoms with Crippen LogP contribution in [-0.4, -0.2) is 12.7 Å². The van der Waals surface area contributed by atoms with E-state index >= 15 is 0 Å². The molecule has 0 aliphatic carbocycles. The molecule has 0 aromatic heterocycles. The minimum absolute atomic E-state index is 0.0324. The Morgan fingerprint density at radius 1 is 2.00 bits per heavy atom. The monoisotopic (exact) mass is 89.0 g/mol. The van der Waals surface area contributed by atoms with Gasteiger partial charge in [-0.1, -0.05) is 0 Å². The lowest BCUT2D eigenvalue weighted by molar-refractivity contribution is -0.0508. The van der Waals surface area contributed by atoms with Crippen LogP contribution in [0.25, 0.3) is 0 Å². The van der Waals surface area contributed by atoms with E-state index in [4.69, 9.17) is 0 Å². The van der Waals surface area contributed by atoms with Gasteiger partial charge in [0.1, 0.15) is 0 Å². The van der Waals surface area contributed by atoms with Crippen molar-refractivity contribution in [1.82, 2.24) is 0 Å². The van der Waals surface area contributed by atoms with E-state index in [1.807, 2.05) is 0 Å². The Bertz CT molecular complexity index is 47.5. The summed E-state index contributed by atoms with van der Waals surface area (Å²) in [6, 6.07) is 0. The van der Waals surface area contributed by atoms with Crippen LogP contribution in [0.1, 0.15) is 6.92 Å². The zero-order chi connectivity index (χ0) is 4.57. The zero-order valence-electron chi connectivity index (χ0n) is 3.57. The zero-order valence-corrected chi connectivity index (χ0v) is 3.57. The third kappa shape index (κ3) is 0.411. The summed E-state index contributed by atoms with van der Waals surface area (Å²) in [5.41, 5.74) is 0. The highest BCUT2D eigenvalue weighted by molar-refractivity contribution is 4.91. The molecule has 0 aromatic carbocycles. The van der Waals surface area contributed by atoms with Gasteiger partial charge in [0.25, 0.3) is 0 Å². The molecule has 1 nitrogen and oxygen atoms in total. The predicted octanol–water partition coefficient (Wildman–Crippen LogP) is 0.907. The van der Waals surface area contributed by atoms with Crippen LogP contribution in [0.15, 0.2) is 0 Å². The van der Waals surface area contributed by atoms with Gasteiger partial charge in [-0.2, -0.15) is 0 Å². The molecule has 1 fully saturated rings. The van der Waals surface area contributed by atoms with E-state index in [-0.39, 0.29) is 18.9 Å². The molecule has 0 aromatic rings. The van der Waals surface area contributed by atoms with Crippen molar-refractivity contribution in [2.75, 3.05) is 6.61 Å². The maximum absolute atomic E-state index is 11.7. The summed E-state index contributed by atoms with van der Waals surface area (Å²) in [6.07, 6.45) is -0.250. The Labute approximate surface area is 36.1 Å². The van der Waals surface area contributed by atoms with Crippen LogP contribution >= 0.6 is 0 Å². The molecule has 0 amide bonds. The number of halogens is 1. The van der Waals surface area contributed by atoms with Crippen LogP contribution in [-0.2, 0) is 4.74 Å². The Balaban J connectivity index is 2.20. The van der Waals surface area contributed by atoms with Crippen molar-refractivity contribution < 1.29 is 9.13 Å². The van der Waals surface area contributed by atoms with Crippen LogP contribution in [0.2, 0.25) is 0 Å². The molecule has 1 aliphatic heterocycles. The summed E-state index contributed by atoms with van der Waals surface area (Å²) >= 11 is 0. The van der Waals surface area contributed by atoms with Gasteiger partial charge in [0, 0.05) is 0 Å². The molecule has 0 spiro atoms. The van der Waals surface area contributed by atoms with Crippen LogP contribution < -0.4 is 0 Å². The molecule has 2 heteroatoms. The average Bonchev–Trinajstić information content (AvgIpc) is 1.61. The molecule has 6 heavy (non-hydrogen) atoms. The Morgan fingerprint density at radius 2 is 2.50 bits per heavy atom. The van der Waals surface area contributed by atoms with Crippen molar-refractivity contribution in [2.24, 2.45) is 0 Å². The summed E-state index contributed by atoms with van der Waals surface area (Å²) in [7, 11) is 0. The molecule has 0 N–H and O–H groups in total. The Morgan fingerprint density at radius 3 is 2.50 bits per heavy atom. The summed E-state index contributed by atoms with van der Waals surface area (Å²) in [6.45, 7) is 1.92. The van der Waals surface area contributed by atoms with Gasteiger partial charge in [0.2, 0.25) is 0 Å². The molecule has 35 valence electrons. The lowest BCUT2D eigenvalue weighted by Crippen LogP contribution is -2.31. The minimum atomic E-state index is -0.218. The van der Waals surface area contributed by atoms with E-state index in [2.05, 4.69) is 4.74 Å². The molecular formula is C4H6FO. The number of rotatable bonds is 0. The standard InChI is InChI=1S/C4H6FO/c1-3-4(5)2-6-3/h3H,2H2,1H3. The van der Waals surface area contributed by atoms with Crippen molar-refractivity contribution in [3.05, 3.63) is 6.17 Å². The molecule has 1 saturated heterocycles. The van der Waals surface area contributed by atoms with Crippen LogP contribution in [0, 0.1) is 6.17 Å². The fourth-order valence-corrected chi connectivity index (χ4v) is 0.313. The van der Waals surface area contributed by atoms with Gasteiger partial charge in [-0.15, -0.1) is 0 Å². The number of hydrogen-bond donors (Lipinski definition) is 0. The SMILES string of the molecule is CC1OC[C]1F. The molecule has 0 saturated carbocycles. The van der Waals surface area contributed by atoms with Gasteiger partial charge < -0.3 is 4.74 Å². The second-order valence-corrected chi connectivity index (χ2v) is 1.40. The average molecular weight is 89.1 g/mol. The quantitative estimate of drug-likeness (QED) is 0.428. The maximum Gasteiger partial charge on any atom is 0.198 e. The first kappa shape index (κ1) is 4.06. The van der Waals surface area contributed by atoms with Crippen LogP contribution in [0.5, 0.6) is 0 Å². The first-order valence-electron chi connectivity index (χ1n) is 1.93. The van der Waals surface area contributed by atoms with E-state index in [1.54, 1.807) is 6.92 Å². The summed E-state index contributed by atoms with van der Waals surface area (Å²) in [5.74, 6) is 0. The molecule has 0 bridgehead atoms. The smallest absolute Gasteiger partial charge is 0.198 e. The van der Waals surface area contributed by atoms with E-state index in [0.717, 1.165) is 0 Å². The molecule has 1 heterocycles.